The van der Waals surface area contributed by atoms with Crippen LogP contribution in [0.4, 0.5) is 0 Å². The van der Waals surface area contributed by atoms with Gasteiger partial charge in [0, 0.05) is 26.2 Å². The minimum atomic E-state index is -3.32. The molecule has 0 spiro atoms. The Kier molecular flexibility index (Phi) is 3.51. The molecule has 4 nitrogen and oxygen atoms in total. The Labute approximate surface area is 103 Å². The number of aryl methyl sites for hydroxylation is 2. The molecule has 94 valence electrons. The van der Waals surface area contributed by atoms with Gasteiger partial charge in [0.1, 0.15) is 0 Å². The topological polar surface area (TPSA) is 49.4 Å². The van der Waals surface area contributed by atoms with Crippen LogP contribution in [-0.2, 0) is 10.0 Å². The van der Waals surface area contributed by atoms with Crippen molar-refractivity contribution in [3.05, 3.63) is 29.3 Å². The zero-order valence-corrected chi connectivity index (χ0v) is 11.0. The van der Waals surface area contributed by atoms with Gasteiger partial charge in [-0.15, -0.1) is 0 Å². The van der Waals surface area contributed by atoms with Crippen molar-refractivity contribution in [1.82, 2.24) is 9.62 Å². The number of sulfonamides is 1. The largest absolute Gasteiger partial charge is 0.314 e. The van der Waals surface area contributed by atoms with Gasteiger partial charge >= 0.3 is 0 Å². The predicted molar refractivity (Wildman–Crippen MR) is 67.5 cm³/mol. The first-order chi connectivity index (χ1) is 8.01. The molecule has 1 aromatic rings. The summed E-state index contributed by atoms with van der Waals surface area (Å²) in [4.78, 5) is 0.435. The Morgan fingerprint density at radius 3 is 2.41 bits per heavy atom. The van der Waals surface area contributed by atoms with E-state index in [1.165, 1.54) is 0 Å². The highest BCUT2D eigenvalue weighted by Crippen LogP contribution is 2.21. The standard InChI is InChI=1S/C12H18N2O2S/c1-10-3-4-12(11(2)9-10)17(15,16)14-7-5-13-6-8-14/h3-4,9,13H,5-8H2,1-2H3. The van der Waals surface area contributed by atoms with Crippen molar-refractivity contribution in [2.24, 2.45) is 0 Å². The number of piperazine rings is 1. The van der Waals surface area contributed by atoms with Gasteiger partial charge in [-0.3, -0.25) is 0 Å². The van der Waals surface area contributed by atoms with E-state index < -0.39 is 10.0 Å². The summed E-state index contributed by atoms with van der Waals surface area (Å²) in [6, 6.07) is 5.47. The van der Waals surface area contributed by atoms with Crippen molar-refractivity contribution in [3.63, 3.8) is 0 Å². The lowest BCUT2D eigenvalue weighted by Gasteiger charge is -2.27. The minimum absolute atomic E-state index is 0.435. The smallest absolute Gasteiger partial charge is 0.243 e. The minimum Gasteiger partial charge on any atom is -0.314 e. The summed E-state index contributed by atoms with van der Waals surface area (Å²) in [5.41, 5.74) is 1.91. The first-order valence-corrected chi connectivity index (χ1v) is 7.24. The van der Waals surface area contributed by atoms with Crippen LogP contribution >= 0.6 is 0 Å². The normalized spacial score (nSPS) is 18.2. The monoisotopic (exact) mass is 254 g/mol. The average molecular weight is 254 g/mol. The maximum absolute atomic E-state index is 12.4. The highest BCUT2D eigenvalue weighted by molar-refractivity contribution is 7.89. The van der Waals surface area contributed by atoms with E-state index in [4.69, 9.17) is 0 Å². The molecule has 0 radical (unpaired) electrons. The number of nitrogens with zero attached hydrogens (tertiary/aromatic N) is 1. The summed E-state index contributed by atoms with van der Waals surface area (Å²) in [6.45, 7) is 6.37. The lowest BCUT2D eigenvalue weighted by molar-refractivity contribution is 0.360. The molecule has 0 amide bonds. The summed E-state index contributed by atoms with van der Waals surface area (Å²) < 4.78 is 26.4. The molecule has 1 saturated heterocycles. The van der Waals surface area contributed by atoms with Crippen molar-refractivity contribution >= 4 is 10.0 Å². The third-order valence-electron chi connectivity index (χ3n) is 3.02. The molecular weight excluding hydrogens is 236 g/mol. The number of hydrogen-bond donors (Lipinski definition) is 1. The fourth-order valence-electron chi connectivity index (χ4n) is 2.11. The molecule has 2 rings (SSSR count). The molecule has 0 atom stereocenters. The quantitative estimate of drug-likeness (QED) is 0.853. The molecule has 0 saturated carbocycles. The Bertz CT molecular complexity index is 505. The second kappa shape index (κ2) is 4.76. The first kappa shape index (κ1) is 12.5. The van der Waals surface area contributed by atoms with Gasteiger partial charge in [0.15, 0.2) is 0 Å². The van der Waals surface area contributed by atoms with Crippen LogP contribution in [0.15, 0.2) is 23.1 Å². The van der Waals surface area contributed by atoms with Crippen LogP contribution in [-0.4, -0.2) is 38.9 Å². The van der Waals surface area contributed by atoms with Gasteiger partial charge in [0.2, 0.25) is 10.0 Å². The zero-order chi connectivity index (χ0) is 12.5. The maximum atomic E-state index is 12.4. The van der Waals surface area contributed by atoms with Crippen molar-refractivity contribution in [3.8, 4) is 0 Å². The number of benzene rings is 1. The van der Waals surface area contributed by atoms with Crippen molar-refractivity contribution in [2.75, 3.05) is 26.2 Å². The third kappa shape index (κ3) is 2.51. The Morgan fingerprint density at radius 2 is 1.82 bits per heavy atom. The maximum Gasteiger partial charge on any atom is 0.243 e. The van der Waals surface area contributed by atoms with E-state index in [-0.39, 0.29) is 0 Å². The molecule has 0 aliphatic carbocycles. The molecule has 5 heteroatoms. The fraction of sp³-hybridized carbons (Fsp3) is 0.500. The molecule has 1 fully saturated rings. The van der Waals surface area contributed by atoms with E-state index in [0.717, 1.165) is 24.2 Å². The lowest BCUT2D eigenvalue weighted by Crippen LogP contribution is -2.46. The average Bonchev–Trinajstić information content (AvgIpc) is 2.29. The summed E-state index contributed by atoms with van der Waals surface area (Å²) in [5.74, 6) is 0. The highest BCUT2D eigenvalue weighted by atomic mass is 32.2. The summed E-state index contributed by atoms with van der Waals surface area (Å²) in [5, 5.41) is 3.16. The van der Waals surface area contributed by atoms with E-state index in [1.807, 2.05) is 26.0 Å². The molecule has 1 heterocycles. The second-order valence-corrected chi connectivity index (χ2v) is 6.33. The molecular formula is C12H18N2O2S. The van der Waals surface area contributed by atoms with Crippen LogP contribution in [0.3, 0.4) is 0 Å². The number of hydrogen-bond acceptors (Lipinski definition) is 3. The molecule has 1 N–H and O–H groups in total. The van der Waals surface area contributed by atoms with Crippen LogP contribution in [0.5, 0.6) is 0 Å². The zero-order valence-electron chi connectivity index (χ0n) is 10.2. The van der Waals surface area contributed by atoms with Gasteiger partial charge in [0.05, 0.1) is 4.90 Å². The van der Waals surface area contributed by atoms with E-state index in [0.29, 0.717) is 18.0 Å². The summed E-state index contributed by atoms with van der Waals surface area (Å²) >= 11 is 0. The molecule has 0 aromatic heterocycles. The van der Waals surface area contributed by atoms with E-state index in [2.05, 4.69) is 5.32 Å². The van der Waals surface area contributed by atoms with Crippen LogP contribution in [0.25, 0.3) is 0 Å². The van der Waals surface area contributed by atoms with Crippen LogP contribution in [0.2, 0.25) is 0 Å². The third-order valence-corrected chi connectivity index (χ3v) is 5.08. The molecule has 1 aliphatic rings. The first-order valence-electron chi connectivity index (χ1n) is 5.80. The lowest BCUT2D eigenvalue weighted by atomic mass is 10.2. The summed E-state index contributed by atoms with van der Waals surface area (Å²) in [7, 11) is -3.32. The fourth-order valence-corrected chi connectivity index (χ4v) is 3.76. The number of nitrogens with one attached hydrogen (secondary N) is 1. The second-order valence-electron chi connectivity index (χ2n) is 4.42. The van der Waals surface area contributed by atoms with Gasteiger partial charge < -0.3 is 5.32 Å². The van der Waals surface area contributed by atoms with Gasteiger partial charge in [-0.2, -0.15) is 4.31 Å². The number of rotatable bonds is 2. The SMILES string of the molecule is Cc1ccc(S(=O)(=O)N2CCNCC2)c(C)c1. The van der Waals surface area contributed by atoms with Crippen LogP contribution in [0.1, 0.15) is 11.1 Å². The molecule has 1 aromatic carbocycles. The Morgan fingerprint density at radius 1 is 1.18 bits per heavy atom. The van der Waals surface area contributed by atoms with Crippen molar-refractivity contribution in [2.45, 2.75) is 18.7 Å². The molecule has 0 bridgehead atoms. The predicted octanol–water partition coefficient (Wildman–Crippen LogP) is 0.897. The van der Waals surface area contributed by atoms with Gasteiger partial charge in [0.25, 0.3) is 0 Å². The van der Waals surface area contributed by atoms with Crippen LogP contribution in [0, 0.1) is 13.8 Å². The Hall–Kier alpha value is -0.910. The van der Waals surface area contributed by atoms with Crippen LogP contribution < -0.4 is 5.32 Å². The highest BCUT2D eigenvalue weighted by Gasteiger charge is 2.26. The molecule has 17 heavy (non-hydrogen) atoms. The summed E-state index contributed by atoms with van der Waals surface area (Å²) in [6.07, 6.45) is 0. The van der Waals surface area contributed by atoms with E-state index in [1.54, 1.807) is 10.4 Å². The van der Waals surface area contributed by atoms with Gasteiger partial charge in [-0.25, -0.2) is 8.42 Å². The Balaban J connectivity index is 2.37. The van der Waals surface area contributed by atoms with Crippen molar-refractivity contribution in [1.29, 1.82) is 0 Å². The van der Waals surface area contributed by atoms with Crippen molar-refractivity contribution < 1.29 is 8.42 Å². The van der Waals surface area contributed by atoms with E-state index >= 15 is 0 Å². The van der Waals surface area contributed by atoms with Gasteiger partial charge in [-0.1, -0.05) is 17.7 Å². The van der Waals surface area contributed by atoms with E-state index in [9.17, 15) is 8.42 Å². The molecule has 0 unspecified atom stereocenters. The molecule has 1 aliphatic heterocycles. The van der Waals surface area contributed by atoms with Gasteiger partial charge in [-0.05, 0) is 25.5 Å².